The van der Waals surface area contributed by atoms with Gasteiger partial charge in [-0.2, -0.15) is 0 Å². The SMILES string of the molecule is CC(C)CNCC1(C2CCCCCC2)CC2CC2C1. The molecular formula is C18H33N. The highest BCUT2D eigenvalue weighted by Crippen LogP contribution is 2.63. The molecule has 1 N–H and O–H groups in total. The van der Waals surface area contributed by atoms with Crippen LogP contribution in [-0.2, 0) is 0 Å². The fourth-order valence-electron chi connectivity index (χ4n) is 5.06. The van der Waals surface area contributed by atoms with Gasteiger partial charge < -0.3 is 5.32 Å². The van der Waals surface area contributed by atoms with E-state index >= 15 is 0 Å². The van der Waals surface area contributed by atoms with E-state index in [1.54, 1.807) is 19.3 Å². The number of rotatable bonds is 5. The van der Waals surface area contributed by atoms with Crippen molar-refractivity contribution in [3.8, 4) is 0 Å². The van der Waals surface area contributed by atoms with E-state index in [0.717, 1.165) is 23.7 Å². The molecule has 19 heavy (non-hydrogen) atoms. The maximum atomic E-state index is 3.83. The van der Waals surface area contributed by atoms with Gasteiger partial charge in [0.25, 0.3) is 0 Å². The highest BCUT2D eigenvalue weighted by molar-refractivity contribution is 5.06. The molecule has 0 spiro atoms. The minimum atomic E-state index is 0.701. The lowest BCUT2D eigenvalue weighted by molar-refractivity contribution is 0.123. The Morgan fingerprint density at radius 2 is 1.63 bits per heavy atom. The molecule has 1 heteroatoms. The van der Waals surface area contributed by atoms with Crippen LogP contribution in [0.1, 0.15) is 71.6 Å². The van der Waals surface area contributed by atoms with Gasteiger partial charge >= 0.3 is 0 Å². The smallest absolute Gasteiger partial charge is 0.00108 e. The second-order valence-corrected chi connectivity index (χ2v) is 8.24. The molecular weight excluding hydrogens is 230 g/mol. The van der Waals surface area contributed by atoms with Crippen molar-refractivity contribution in [3.05, 3.63) is 0 Å². The zero-order valence-electron chi connectivity index (χ0n) is 13.1. The molecule has 0 bridgehead atoms. The van der Waals surface area contributed by atoms with Gasteiger partial charge in [0, 0.05) is 6.54 Å². The predicted octanol–water partition coefficient (Wildman–Crippen LogP) is 4.62. The first-order chi connectivity index (χ1) is 9.20. The highest BCUT2D eigenvalue weighted by Gasteiger charge is 2.55. The summed E-state index contributed by atoms with van der Waals surface area (Å²) < 4.78 is 0. The average Bonchev–Trinajstić information content (AvgIpc) is 3.07. The lowest BCUT2D eigenvalue weighted by atomic mass is 9.68. The standard InChI is InChI=1S/C18H33N/c1-14(2)12-19-13-18(10-15-9-16(15)11-18)17-7-5-3-4-6-8-17/h14-17,19H,3-13H2,1-2H3. The van der Waals surface area contributed by atoms with E-state index in [1.165, 1.54) is 51.6 Å². The number of fused-ring (bicyclic) bond motifs is 1. The second-order valence-electron chi connectivity index (χ2n) is 8.24. The molecule has 0 radical (unpaired) electrons. The van der Waals surface area contributed by atoms with Crippen molar-refractivity contribution >= 4 is 0 Å². The first-order valence-corrected chi connectivity index (χ1v) is 8.90. The van der Waals surface area contributed by atoms with E-state index in [0.29, 0.717) is 5.41 Å². The first-order valence-electron chi connectivity index (χ1n) is 8.90. The van der Waals surface area contributed by atoms with Crippen LogP contribution in [0.2, 0.25) is 0 Å². The van der Waals surface area contributed by atoms with Gasteiger partial charge in [-0.05, 0) is 67.7 Å². The molecule has 1 nitrogen and oxygen atoms in total. The van der Waals surface area contributed by atoms with E-state index in [9.17, 15) is 0 Å². The molecule has 2 unspecified atom stereocenters. The van der Waals surface area contributed by atoms with Crippen LogP contribution in [0.25, 0.3) is 0 Å². The van der Waals surface area contributed by atoms with Gasteiger partial charge in [0.2, 0.25) is 0 Å². The van der Waals surface area contributed by atoms with E-state index in [4.69, 9.17) is 0 Å². The summed E-state index contributed by atoms with van der Waals surface area (Å²) in [5.41, 5.74) is 0.701. The quantitative estimate of drug-likeness (QED) is 0.714. The summed E-state index contributed by atoms with van der Waals surface area (Å²) in [5.74, 6) is 4.10. The van der Waals surface area contributed by atoms with Gasteiger partial charge in [-0.1, -0.05) is 39.5 Å². The normalized spacial score (nSPS) is 39.3. The summed E-state index contributed by atoms with van der Waals surface area (Å²) in [5, 5.41) is 3.83. The summed E-state index contributed by atoms with van der Waals surface area (Å²) in [4.78, 5) is 0. The molecule has 2 atom stereocenters. The Morgan fingerprint density at radius 1 is 1.00 bits per heavy atom. The van der Waals surface area contributed by atoms with Gasteiger partial charge in [0.15, 0.2) is 0 Å². The third-order valence-electron chi connectivity index (χ3n) is 6.16. The van der Waals surface area contributed by atoms with Crippen molar-refractivity contribution in [2.24, 2.45) is 29.1 Å². The van der Waals surface area contributed by atoms with Crippen molar-refractivity contribution in [1.82, 2.24) is 5.32 Å². The van der Waals surface area contributed by atoms with Gasteiger partial charge in [0.05, 0.1) is 0 Å². The molecule has 0 saturated heterocycles. The van der Waals surface area contributed by atoms with E-state index in [1.807, 2.05) is 0 Å². The van der Waals surface area contributed by atoms with Gasteiger partial charge in [0.1, 0.15) is 0 Å². The molecule has 0 aromatic heterocycles. The van der Waals surface area contributed by atoms with Crippen molar-refractivity contribution < 1.29 is 0 Å². The lowest BCUT2D eigenvalue weighted by Crippen LogP contribution is -2.40. The van der Waals surface area contributed by atoms with Gasteiger partial charge in [-0.3, -0.25) is 0 Å². The molecule has 3 saturated carbocycles. The van der Waals surface area contributed by atoms with Gasteiger partial charge in [-0.15, -0.1) is 0 Å². The Bertz CT molecular complexity index is 278. The van der Waals surface area contributed by atoms with Crippen LogP contribution in [0.4, 0.5) is 0 Å². The molecule has 3 aliphatic rings. The molecule has 0 heterocycles. The van der Waals surface area contributed by atoms with Crippen LogP contribution in [0.3, 0.4) is 0 Å². The molecule has 0 amide bonds. The highest BCUT2D eigenvalue weighted by atomic mass is 14.9. The maximum absolute atomic E-state index is 3.83. The van der Waals surface area contributed by atoms with Crippen LogP contribution >= 0.6 is 0 Å². The van der Waals surface area contributed by atoms with E-state index in [-0.39, 0.29) is 0 Å². The lowest BCUT2D eigenvalue weighted by Gasteiger charge is -2.39. The summed E-state index contributed by atoms with van der Waals surface area (Å²) in [6.45, 7) is 7.20. The second kappa shape index (κ2) is 5.76. The summed E-state index contributed by atoms with van der Waals surface area (Å²) in [6.07, 6.45) is 13.8. The Hall–Kier alpha value is -0.0400. The molecule has 3 rings (SSSR count). The molecule has 0 aliphatic heterocycles. The summed E-state index contributed by atoms with van der Waals surface area (Å²) in [6, 6.07) is 0. The molecule has 3 aliphatic carbocycles. The Labute approximate surface area is 119 Å². The topological polar surface area (TPSA) is 12.0 Å². The first kappa shape index (κ1) is 13.9. The van der Waals surface area contributed by atoms with Crippen molar-refractivity contribution in [3.63, 3.8) is 0 Å². The summed E-state index contributed by atoms with van der Waals surface area (Å²) >= 11 is 0. The Kier molecular flexibility index (Phi) is 4.22. The maximum Gasteiger partial charge on any atom is 0.00108 e. The third-order valence-corrected chi connectivity index (χ3v) is 6.16. The van der Waals surface area contributed by atoms with Crippen molar-refractivity contribution in [1.29, 1.82) is 0 Å². The minimum absolute atomic E-state index is 0.701. The van der Waals surface area contributed by atoms with Crippen LogP contribution < -0.4 is 5.32 Å². The molecule has 0 aromatic rings. The Morgan fingerprint density at radius 3 is 2.21 bits per heavy atom. The monoisotopic (exact) mass is 263 g/mol. The average molecular weight is 263 g/mol. The third kappa shape index (κ3) is 3.17. The largest absolute Gasteiger partial charge is 0.316 e. The predicted molar refractivity (Wildman–Crippen MR) is 82.2 cm³/mol. The zero-order chi connectivity index (χ0) is 13.3. The molecule has 110 valence electrons. The van der Waals surface area contributed by atoms with Crippen LogP contribution in [0, 0.1) is 29.1 Å². The van der Waals surface area contributed by atoms with E-state index in [2.05, 4.69) is 19.2 Å². The van der Waals surface area contributed by atoms with Crippen molar-refractivity contribution in [2.45, 2.75) is 71.6 Å². The summed E-state index contributed by atoms with van der Waals surface area (Å²) in [7, 11) is 0. The fourth-order valence-corrected chi connectivity index (χ4v) is 5.06. The van der Waals surface area contributed by atoms with Crippen molar-refractivity contribution in [2.75, 3.05) is 13.1 Å². The number of hydrogen-bond donors (Lipinski definition) is 1. The Balaban J connectivity index is 1.62. The van der Waals surface area contributed by atoms with Gasteiger partial charge in [-0.25, -0.2) is 0 Å². The zero-order valence-corrected chi connectivity index (χ0v) is 13.1. The molecule has 3 fully saturated rings. The number of hydrogen-bond acceptors (Lipinski definition) is 1. The van der Waals surface area contributed by atoms with Crippen LogP contribution in [0.15, 0.2) is 0 Å². The van der Waals surface area contributed by atoms with Crippen LogP contribution in [-0.4, -0.2) is 13.1 Å². The minimum Gasteiger partial charge on any atom is -0.316 e. The van der Waals surface area contributed by atoms with E-state index < -0.39 is 0 Å². The number of nitrogens with one attached hydrogen (secondary N) is 1. The van der Waals surface area contributed by atoms with Crippen LogP contribution in [0.5, 0.6) is 0 Å². The molecule has 0 aromatic carbocycles. The fraction of sp³-hybridized carbons (Fsp3) is 1.00.